The Kier molecular flexibility index (Phi) is 4.12. The van der Waals surface area contributed by atoms with Gasteiger partial charge in [0.1, 0.15) is 11.6 Å². The molecule has 0 fully saturated rings. The minimum atomic E-state index is -0.341. The van der Waals surface area contributed by atoms with Crippen molar-refractivity contribution < 1.29 is 9.13 Å². The fourth-order valence-electron chi connectivity index (χ4n) is 1.58. The minimum Gasteiger partial charge on any atom is -0.494 e. The van der Waals surface area contributed by atoms with Crippen molar-refractivity contribution in [2.45, 2.75) is 13.5 Å². The zero-order valence-corrected chi connectivity index (χ0v) is 10.2. The molecule has 94 valence electrons. The monoisotopic (exact) mass is 246 g/mol. The molecule has 0 aliphatic carbocycles. The molecule has 0 aliphatic rings. The van der Waals surface area contributed by atoms with E-state index in [1.807, 2.05) is 31.2 Å². The van der Waals surface area contributed by atoms with Crippen LogP contribution in [-0.4, -0.2) is 11.6 Å². The number of hydrogen-bond acceptors (Lipinski definition) is 3. The van der Waals surface area contributed by atoms with Gasteiger partial charge in [0.25, 0.3) is 0 Å². The van der Waals surface area contributed by atoms with E-state index in [1.165, 1.54) is 12.3 Å². The van der Waals surface area contributed by atoms with Gasteiger partial charge >= 0.3 is 0 Å². The summed E-state index contributed by atoms with van der Waals surface area (Å²) in [5.74, 6) is 0.514. The lowest BCUT2D eigenvalue weighted by molar-refractivity contribution is 0.340. The standard InChI is InChI=1S/C14H15FN2O/c1-2-18-14-5-3-11(4-6-14)8-17-13-7-12(15)9-16-10-13/h3-7,9-10,17H,2,8H2,1H3. The Hall–Kier alpha value is -2.10. The molecule has 0 radical (unpaired) electrons. The quantitative estimate of drug-likeness (QED) is 0.879. The predicted octanol–water partition coefficient (Wildman–Crippen LogP) is 3.23. The Morgan fingerprint density at radius 1 is 1.22 bits per heavy atom. The lowest BCUT2D eigenvalue weighted by atomic mass is 10.2. The summed E-state index contributed by atoms with van der Waals surface area (Å²) in [6, 6.07) is 9.21. The summed E-state index contributed by atoms with van der Waals surface area (Å²) in [7, 11) is 0. The van der Waals surface area contributed by atoms with Crippen LogP contribution in [0.25, 0.3) is 0 Å². The summed E-state index contributed by atoms with van der Waals surface area (Å²) in [5, 5.41) is 3.11. The molecule has 0 saturated heterocycles. The number of nitrogens with zero attached hydrogens (tertiary/aromatic N) is 1. The predicted molar refractivity (Wildman–Crippen MR) is 69.1 cm³/mol. The van der Waals surface area contributed by atoms with E-state index in [1.54, 1.807) is 6.20 Å². The highest BCUT2D eigenvalue weighted by molar-refractivity contribution is 5.41. The molecular weight excluding hydrogens is 231 g/mol. The van der Waals surface area contributed by atoms with Crippen molar-refractivity contribution in [1.29, 1.82) is 0 Å². The molecule has 1 heterocycles. The van der Waals surface area contributed by atoms with E-state index < -0.39 is 0 Å². The number of anilines is 1. The number of rotatable bonds is 5. The highest BCUT2D eigenvalue weighted by Crippen LogP contribution is 2.14. The van der Waals surface area contributed by atoms with Crippen LogP contribution in [0.2, 0.25) is 0 Å². The van der Waals surface area contributed by atoms with E-state index in [0.717, 1.165) is 11.3 Å². The van der Waals surface area contributed by atoms with Crippen molar-refractivity contribution in [3.8, 4) is 5.75 Å². The number of halogens is 1. The summed E-state index contributed by atoms with van der Waals surface area (Å²) in [4.78, 5) is 3.78. The van der Waals surface area contributed by atoms with E-state index >= 15 is 0 Å². The van der Waals surface area contributed by atoms with Crippen molar-refractivity contribution in [2.75, 3.05) is 11.9 Å². The molecule has 2 aromatic rings. The van der Waals surface area contributed by atoms with Crippen molar-refractivity contribution in [3.05, 3.63) is 54.1 Å². The number of nitrogens with one attached hydrogen (secondary N) is 1. The van der Waals surface area contributed by atoms with Gasteiger partial charge in [-0.2, -0.15) is 0 Å². The summed E-state index contributed by atoms with van der Waals surface area (Å²) in [6.07, 6.45) is 2.78. The lowest BCUT2D eigenvalue weighted by Crippen LogP contribution is -2.00. The van der Waals surface area contributed by atoms with Crippen LogP contribution in [0.15, 0.2) is 42.7 Å². The lowest BCUT2D eigenvalue weighted by Gasteiger charge is -2.07. The normalized spacial score (nSPS) is 10.1. The molecule has 1 aromatic carbocycles. The second kappa shape index (κ2) is 6.00. The Morgan fingerprint density at radius 3 is 2.67 bits per heavy atom. The molecule has 18 heavy (non-hydrogen) atoms. The number of ether oxygens (including phenoxy) is 1. The Balaban J connectivity index is 1.93. The summed E-state index contributed by atoms with van der Waals surface area (Å²) >= 11 is 0. The molecule has 3 nitrogen and oxygen atoms in total. The smallest absolute Gasteiger partial charge is 0.143 e. The first-order valence-corrected chi connectivity index (χ1v) is 5.84. The van der Waals surface area contributed by atoms with Gasteiger partial charge in [-0.15, -0.1) is 0 Å². The number of pyridine rings is 1. The Labute approximate surface area is 106 Å². The summed E-state index contributed by atoms with van der Waals surface area (Å²) in [5.41, 5.74) is 1.77. The van der Waals surface area contributed by atoms with Crippen LogP contribution in [0, 0.1) is 5.82 Å². The van der Waals surface area contributed by atoms with Crippen LogP contribution in [0.4, 0.5) is 10.1 Å². The van der Waals surface area contributed by atoms with E-state index in [9.17, 15) is 4.39 Å². The van der Waals surface area contributed by atoms with Gasteiger partial charge in [0.05, 0.1) is 24.7 Å². The Bertz CT molecular complexity index is 499. The molecule has 1 N–H and O–H groups in total. The van der Waals surface area contributed by atoms with Crippen molar-refractivity contribution in [3.63, 3.8) is 0 Å². The maximum atomic E-state index is 12.9. The van der Waals surface area contributed by atoms with Crippen LogP contribution < -0.4 is 10.1 Å². The van der Waals surface area contributed by atoms with Gasteiger partial charge in [-0.05, 0) is 24.6 Å². The Morgan fingerprint density at radius 2 is 2.00 bits per heavy atom. The summed E-state index contributed by atoms with van der Waals surface area (Å²) in [6.45, 7) is 3.23. The van der Waals surface area contributed by atoms with Gasteiger partial charge in [-0.1, -0.05) is 12.1 Å². The molecule has 2 rings (SSSR count). The van der Waals surface area contributed by atoms with Crippen LogP contribution in [0.1, 0.15) is 12.5 Å². The number of hydrogen-bond donors (Lipinski definition) is 1. The second-order valence-corrected chi connectivity index (χ2v) is 3.82. The molecule has 0 saturated carbocycles. The fraction of sp³-hybridized carbons (Fsp3) is 0.214. The molecule has 0 spiro atoms. The third-order valence-corrected chi connectivity index (χ3v) is 2.44. The van der Waals surface area contributed by atoms with Crippen LogP contribution >= 0.6 is 0 Å². The van der Waals surface area contributed by atoms with Crippen LogP contribution in [0.5, 0.6) is 5.75 Å². The van der Waals surface area contributed by atoms with E-state index in [0.29, 0.717) is 18.8 Å². The molecule has 0 unspecified atom stereocenters. The van der Waals surface area contributed by atoms with Gasteiger partial charge in [0, 0.05) is 12.6 Å². The highest BCUT2D eigenvalue weighted by Gasteiger charge is 1.97. The molecule has 4 heteroatoms. The molecule has 0 amide bonds. The van der Waals surface area contributed by atoms with Crippen molar-refractivity contribution in [1.82, 2.24) is 4.98 Å². The van der Waals surface area contributed by atoms with E-state index in [-0.39, 0.29) is 5.82 Å². The third-order valence-electron chi connectivity index (χ3n) is 2.44. The largest absolute Gasteiger partial charge is 0.494 e. The SMILES string of the molecule is CCOc1ccc(CNc2cncc(F)c2)cc1. The zero-order chi connectivity index (χ0) is 12.8. The average molecular weight is 246 g/mol. The van der Waals surface area contributed by atoms with Gasteiger partial charge in [-0.3, -0.25) is 4.98 Å². The van der Waals surface area contributed by atoms with Crippen molar-refractivity contribution >= 4 is 5.69 Å². The van der Waals surface area contributed by atoms with Gasteiger partial charge < -0.3 is 10.1 Å². The summed E-state index contributed by atoms with van der Waals surface area (Å²) < 4.78 is 18.3. The number of benzene rings is 1. The third kappa shape index (κ3) is 3.45. The first kappa shape index (κ1) is 12.4. The molecule has 1 aromatic heterocycles. The van der Waals surface area contributed by atoms with Crippen LogP contribution in [-0.2, 0) is 6.54 Å². The number of aromatic nitrogens is 1. The maximum absolute atomic E-state index is 12.9. The van der Waals surface area contributed by atoms with E-state index in [2.05, 4.69) is 10.3 Å². The second-order valence-electron chi connectivity index (χ2n) is 3.82. The topological polar surface area (TPSA) is 34.1 Å². The van der Waals surface area contributed by atoms with Crippen molar-refractivity contribution in [2.24, 2.45) is 0 Å². The molecular formula is C14H15FN2O. The fourth-order valence-corrected chi connectivity index (χ4v) is 1.58. The maximum Gasteiger partial charge on any atom is 0.143 e. The van der Waals surface area contributed by atoms with Gasteiger partial charge in [-0.25, -0.2) is 4.39 Å². The average Bonchev–Trinajstić information content (AvgIpc) is 2.38. The van der Waals surface area contributed by atoms with Gasteiger partial charge in [0.2, 0.25) is 0 Å². The zero-order valence-electron chi connectivity index (χ0n) is 10.2. The molecule has 0 atom stereocenters. The molecule has 0 aliphatic heterocycles. The minimum absolute atomic E-state index is 0.341. The first-order valence-electron chi connectivity index (χ1n) is 5.84. The van der Waals surface area contributed by atoms with Gasteiger partial charge in [0.15, 0.2) is 0 Å². The van der Waals surface area contributed by atoms with E-state index in [4.69, 9.17) is 4.74 Å². The van der Waals surface area contributed by atoms with Crippen LogP contribution in [0.3, 0.4) is 0 Å². The molecule has 0 bridgehead atoms. The highest BCUT2D eigenvalue weighted by atomic mass is 19.1. The first-order chi connectivity index (χ1) is 8.78.